The van der Waals surface area contributed by atoms with Crippen LogP contribution in [0.2, 0.25) is 0 Å². The maximum Gasteiger partial charge on any atom is 0.110 e. The van der Waals surface area contributed by atoms with Gasteiger partial charge in [0.15, 0.2) is 0 Å². The minimum absolute atomic E-state index is 0.285. The van der Waals surface area contributed by atoms with Crippen molar-refractivity contribution in [1.29, 1.82) is 0 Å². The van der Waals surface area contributed by atoms with Gasteiger partial charge in [0.05, 0.1) is 17.5 Å². The molecule has 3 N–H and O–H groups in total. The second kappa shape index (κ2) is 7.35. The number of pyridine rings is 1. The van der Waals surface area contributed by atoms with E-state index in [9.17, 15) is 10.2 Å². The van der Waals surface area contributed by atoms with Crippen molar-refractivity contribution in [3.8, 4) is 16.9 Å². The highest BCUT2D eigenvalue weighted by Crippen LogP contribution is 2.29. The third-order valence-corrected chi connectivity index (χ3v) is 3.81. The fourth-order valence-corrected chi connectivity index (χ4v) is 2.58. The van der Waals surface area contributed by atoms with Crippen molar-refractivity contribution in [3.05, 3.63) is 66.6 Å². The highest BCUT2D eigenvalue weighted by atomic mass is 16.3. The van der Waals surface area contributed by atoms with Crippen molar-refractivity contribution < 1.29 is 10.2 Å². The lowest BCUT2D eigenvalue weighted by Crippen LogP contribution is -2.29. The number of nitrogens with zero attached hydrogens (tertiary/aromatic N) is 3. The van der Waals surface area contributed by atoms with Gasteiger partial charge >= 0.3 is 0 Å². The predicted molar refractivity (Wildman–Crippen MR) is 91.7 cm³/mol. The summed E-state index contributed by atoms with van der Waals surface area (Å²) in [5.41, 5.74) is 2.93. The average Bonchev–Trinajstić information content (AvgIpc) is 3.08. The average molecular weight is 324 g/mol. The van der Waals surface area contributed by atoms with Crippen molar-refractivity contribution in [1.82, 2.24) is 20.1 Å². The van der Waals surface area contributed by atoms with Gasteiger partial charge in [-0.05, 0) is 31.3 Å². The summed E-state index contributed by atoms with van der Waals surface area (Å²) in [4.78, 5) is 4.02. The fraction of sp³-hybridized carbons (Fsp3) is 0.222. The van der Waals surface area contributed by atoms with Crippen LogP contribution in [-0.4, -0.2) is 44.7 Å². The third-order valence-electron chi connectivity index (χ3n) is 3.81. The minimum atomic E-state index is -1.04. The van der Waals surface area contributed by atoms with Crippen LogP contribution in [0.25, 0.3) is 16.9 Å². The SMILES string of the molecule is CNCC(O)C(O)c1cn(-c2ccccc2)nc1-c1ccncc1. The first-order valence-electron chi connectivity index (χ1n) is 7.77. The third kappa shape index (κ3) is 3.35. The summed E-state index contributed by atoms with van der Waals surface area (Å²) >= 11 is 0. The molecule has 2 aromatic heterocycles. The Morgan fingerprint density at radius 2 is 1.79 bits per heavy atom. The molecule has 6 nitrogen and oxygen atoms in total. The fourth-order valence-electron chi connectivity index (χ4n) is 2.58. The largest absolute Gasteiger partial charge is 0.389 e. The molecule has 0 saturated carbocycles. The van der Waals surface area contributed by atoms with Crippen LogP contribution in [0, 0.1) is 0 Å². The summed E-state index contributed by atoms with van der Waals surface area (Å²) in [6.45, 7) is 0.285. The second-order valence-electron chi connectivity index (χ2n) is 5.52. The Morgan fingerprint density at radius 3 is 2.46 bits per heavy atom. The van der Waals surface area contributed by atoms with E-state index in [2.05, 4.69) is 15.4 Å². The van der Waals surface area contributed by atoms with E-state index in [-0.39, 0.29) is 6.54 Å². The Hall–Kier alpha value is -2.54. The van der Waals surface area contributed by atoms with Crippen molar-refractivity contribution in [2.24, 2.45) is 0 Å². The number of benzene rings is 1. The number of aliphatic hydroxyl groups excluding tert-OH is 2. The first-order chi connectivity index (χ1) is 11.7. The summed E-state index contributed by atoms with van der Waals surface area (Å²) < 4.78 is 1.71. The molecule has 0 fully saturated rings. The van der Waals surface area contributed by atoms with Crippen molar-refractivity contribution in [3.63, 3.8) is 0 Å². The molecule has 0 amide bonds. The number of nitrogens with one attached hydrogen (secondary N) is 1. The monoisotopic (exact) mass is 324 g/mol. The molecule has 6 heteroatoms. The molecule has 0 radical (unpaired) electrons. The summed E-state index contributed by atoms with van der Waals surface area (Å²) in [5.74, 6) is 0. The summed E-state index contributed by atoms with van der Waals surface area (Å²) in [7, 11) is 1.73. The van der Waals surface area contributed by atoms with Crippen LogP contribution in [0.1, 0.15) is 11.7 Å². The maximum absolute atomic E-state index is 10.6. The molecule has 0 aliphatic heterocycles. The van der Waals surface area contributed by atoms with E-state index < -0.39 is 12.2 Å². The molecule has 2 atom stereocenters. The van der Waals surface area contributed by atoms with Crippen LogP contribution in [0.3, 0.4) is 0 Å². The molecule has 0 aliphatic carbocycles. The first kappa shape index (κ1) is 16.3. The van der Waals surface area contributed by atoms with E-state index in [1.807, 2.05) is 42.5 Å². The van der Waals surface area contributed by atoms with Crippen molar-refractivity contribution >= 4 is 0 Å². The molecule has 124 valence electrons. The van der Waals surface area contributed by atoms with Gasteiger partial charge in [-0.2, -0.15) is 5.10 Å². The van der Waals surface area contributed by atoms with E-state index >= 15 is 0 Å². The molecule has 0 saturated heterocycles. The number of aliphatic hydroxyl groups is 2. The summed E-state index contributed by atoms with van der Waals surface area (Å²) in [5, 5.41) is 28.2. The van der Waals surface area contributed by atoms with Gasteiger partial charge in [0.2, 0.25) is 0 Å². The van der Waals surface area contributed by atoms with Crippen LogP contribution in [0.4, 0.5) is 0 Å². The normalized spacial score (nSPS) is 13.6. The lowest BCUT2D eigenvalue weighted by atomic mass is 10.0. The highest BCUT2D eigenvalue weighted by Gasteiger charge is 2.24. The molecule has 0 spiro atoms. The molecule has 0 aliphatic rings. The van der Waals surface area contributed by atoms with Crippen LogP contribution < -0.4 is 5.32 Å². The van der Waals surface area contributed by atoms with Gasteiger partial charge in [0, 0.05) is 36.3 Å². The number of rotatable bonds is 6. The molecule has 3 rings (SSSR count). The first-order valence-corrected chi connectivity index (χ1v) is 7.77. The Morgan fingerprint density at radius 1 is 1.08 bits per heavy atom. The molecule has 2 unspecified atom stereocenters. The van der Waals surface area contributed by atoms with Crippen LogP contribution in [0.15, 0.2) is 61.1 Å². The van der Waals surface area contributed by atoms with Gasteiger partial charge in [-0.15, -0.1) is 0 Å². The van der Waals surface area contributed by atoms with Crippen LogP contribution in [0.5, 0.6) is 0 Å². The lowest BCUT2D eigenvalue weighted by Gasteiger charge is -2.17. The van der Waals surface area contributed by atoms with Gasteiger partial charge in [-0.1, -0.05) is 18.2 Å². The summed E-state index contributed by atoms with van der Waals surface area (Å²) in [6.07, 6.45) is 3.14. The number of likely N-dealkylation sites (N-methyl/N-ethyl adjacent to an activating group) is 1. The number of aromatic nitrogens is 3. The van der Waals surface area contributed by atoms with E-state index in [0.29, 0.717) is 11.3 Å². The maximum atomic E-state index is 10.6. The van der Waals surface area contributed by atoms with E-state index in [1.165, 1.54) is 0 Å². The zero-order valence-corrected chi connectivity index (χ0v) is 13.4. The molecular formula is C18H20N4O2. The van der Waals surface area contributed by atoms with Gasteiger partial charge < -0.3 is 15.5 Å². The molecule has 1 aromatic carbocycles. The molecular weight excluding hydrogens is 304 g/mol. The molecule has 2 heterocycles. The Labute approximate surface area is 140 Å². The van der Waals surface area contributed by atoms with E-state index in [0.717, 1.165) is 11.3 Å². The van der Waals surface area contributed by atoms with Crippen LogP contribution >= 0.6 is 0 Å². The van der Waals surface area contributed by atoms with Gasteiger partial charge in [0.1, 0.15) is 6.10 Å². The van der Waals surface area contributed by atoms with Crippen LogP contribution in [-0.2, 0) is 0 Å². The summed E-state index contributed by atoms with van der Waals surface area (Å²) in [6, 6.07) is 13.3. The topological polar surface area (TPSA) is 83.2 Å². The van der Waals surface area contributed by atoms with Gasteiger partial charge in [-0.3, -0.25) is 4.98 Å². The van der Waals surface area contributed by atoms with E-state index in [1.54, 1.807) is 30.3 Å². The zero-order valence-electron chi connectivity index (χ0n) is 13.4. The Balaban J connectivity index is 2.07. The molecule has 0 bridgehead atoms. The van der Waals surface area contributed by atoms with Crippen molar-refractivity contribution in [2.45, 2.75) is 12.2 Å². The van der Waals surface area contributed by atoms with Gasteiger partial charge in [0.25, 0.3) is 0 Å². The molecule has 24 heavy (non-hydrogen) atoms. The molecule has 3 aromatic rings. The lowest BCUT2D eigenvalue weighted by molar-refractivity contribution is 0.0205. The minimum Gasteiger partial charge on any atom is -0.389 e. The smallest absolute Gasteiger partial charge is 0.110 e. The Kier molecular flexibility index (Phi) is 5.00. The number of para-hydroxylation sites is 1. The van der Waals surface area contributed by atoms with E-state index in [4.69, 9.17) is 0 Å². The second-order valence-corrected chi connectivity index (χ2v) is 5.52. The quantitative estimate of drug-likeness (QED) is 0.641. The highest BCUT2D eigenvalue weighted by molar-refractivity contribution is 5.63. The van der Waals surface area contributed by atoms with Gasteiger partial charge in [-0.25, -0.2) is 4.68 Å². The zero-order chi connectivity index (χ0) is 16.9. The number of hydrogen-bond donors (Lipinski definition) is 3. The number of hydrogen-bond acceptors (Lipinski definition) is 5. The standard InChI is InChI=1S/C18H20N4O2/c1-19-11-16(23)18(24)15-12-22(14-5-3-2-4-6-14)21-17(15)13-7-9-20-10-8-13/h2-10,12,16,18-19,23-24H,11H2,1H3. The van der Waals surface area contributed by atoms with Crippen molar-refractivity contribution in [2.75, 3.05) is 13.6 Å². The predicted octanol–water partition coefficient (Wildman–Crippen LogP) is 1.55. The Bertz CT molecular complexity index is 774.